The summed E-state index contributed by atoms with van der Waals surface area (Å²) in [5.74, 6) is 0. The van der Waals surface area contributed by atoms with Crippen molar-refractivity contribution in [2.75, 3.05) is 7.11 Å². The van der Waals surface area contributed by atoms with Gasteiger partial charge in [-0.2, -0.15) is 5.26 Å². The molecule has 0 bridgehead atoms. The molecular formula is C10H17NO2. The van der Waals surface area contributed by atoms with Gasteiger partial charge in [-0.1, -0.05) is 0 Å². The quantitative estimate of drug-likeness (QED) is 0.623. The van der Waals surface area contributed by atoms with Crippen molar-refractivity contribution in [2.24, 2.45) is 0 Å². The van der Waals surface area contributed by atoms with Crippen LogP contribution < -0.4 is 0 Å². The number of nitriles is 1. The van der Waals surface area contributed by atoms with Crippen LogP contribution in [0, 0.1) is 11.3 Å². The van der Waals surface area contributed by atoms with Crippen LogP contribution in [-0.4, -0.2) is 23.9 Å². The van der Waals surface area contributed by atoms with Gasteiger partial charge in [0.2, 0.25) is 0 Å². The topological polar surface area (TPSA) is 42.2 Å². The van der Waals surface area contributed by atoms with Crippen LogP contribution >= 0.6 is 0 Å². The first-order chi connectivity index (χ1) is 5.79. The minimum Gasteiger partial charge on any atom is -0.365 e. The molecule has 0 N–H and O–H groups in total. The highest BCUT2D eigenvalue weighted by atomic mass is 16.6. The van der Waals surface area contributed by atoms with Gasteiger partial charge in [0.1, 0.15) is 11.7 Å². The Morgan fingerprint density at radius 3 is 2.00 bits per heavy atom. The molecule has 0 aliphatic carbocycles. The first-order valence-electron chi connectivity index (χ1n) is 4.45. The maximum atomic E-state index is 9.13. The highest BCUT2D eigenvalue weighted by Gasteiger charge is 2.58. The van der Waals surface area contributed by atoms with Crippen LogP contribution in [0.15, 0.2) is 0 Å². The van der Waals surface area contributed by atoms with Crippen LogP contribution in [0.4, 0.5) is 0 Å². The van der Waals surface area contributed by atoms with Crippen molar-refractivity contribution >= 4 is 0 Å². The van der Waals surface area contributed by atoms with Crippen LogP contribution in [0.3, 0.4) is 0 Å². The van der Waals surface area contributed by atoms with Gasteiger partial charge in [-0.3, -0.25) is 0 Å². The van der Waals surface area contributed by atoms with Gasteiger partial charge in [0.15, 0.2) is 5.60 Å². The van der Waals surface area contributed by atoms with Gasteiger partial charge in [-0.05, 0) is 27.7 Å². The third kappa shape index (κ3) is 1.45. The normalized spacial score (nSPS) is 35.7. The number of rotatable bonds is 1. The second kappa shape index (κ2) is 2.70. The van der Waals surface area contributed by atoms with Gasteiger partial charge in [0.25, 0.3) is 0 Å². The van der Waals surface area contributed by atoms with E-state index in [1.807, 2.05) is 27.7 Å². The SMILES string of the molecule is COC1(C#N)CC(C)(C)OC1(C)C. The molecule has 0 radical (unpaired) electrons. The van der Waals surface area contributed by atoms with Gasteiger partial charge < -0.3 is 9.47 Å². The summed E-state index contributed by atoms with van der Waals surface area (Å²) in [6, 6.07) is 2.23. The first kappa shape index (κ1) is 10.5. The van der Waals surface area contributed by atoms with Gasteiger partial charge >= 0.3 is 0 Å². The molecule has 3 heteroatoms. The highest BCUT2D eigenvalue weighted by Crippen LogP contribution is 2.46. The van der Waals surface area contributed by atoms with Crippen molar-refractivity contribution in [1.29, 1.82) is 5.26 Å². The molecule has 0 spiro atoms. The van der Waals surface area contributed by atoms with Gasteiger partial charge in [0.05, 0.1) is 5.60 Å². The maximum absolute atomic E-state index is 9.13. The van der Waals surface area contributed by atoms with E-state index in [2.05, 4.69) is 6.07 Å². The van der Waals surface area contributed by atoms with Gasteiger partial charge in [-0.25, -0.2) is 0 Å². The van der Waals surface area contributed by atoms with Crippen LogP contribution in [0.1, 0.15) is 34.1 Å². The van der Waals surface area contributed by atoms with Crippen LogP contribution in [0.5, 0.6) is 0 Å². The van der Waals surface area contributed by atoms with Crippen LogP contribution in [0.2, 0.25) is 0 Å². The Kier molecular flexibility index (Phi) is 2.18. The standard InChI is InChI=1S/C10H17NO2/c1-8(2)6-10(7-11,12-5)9(3,4)13-8/h6H2,1-5H3. The predicted molar refractivity (Wildman–Crippen MR) is 49.2 cm³/mol. The molecule has 0 aromatic carbocycles. The lowest BCUT2D eigenvalue weighted by Gasteiger charge is -2.32. The molecule has 74 valence electrons. The molecule has 0 saturated carbocycles. The van der Waals surface area contributed by atoms with E-state index in [9.17, 15) is 0 Å². The summed E-state index contributed by atoms with van der Waals surface area (Å²) in [6.07, 6.45) is 0.611. The average molecular weight is 183 g/mol. The van der Waals surface area contributed by atoms with Crippen molar-refractivity contribution in [3.8, 4) is 6.07 Å². The fourth-order valence-corrected chi connectivity index (χ4v) is 2.16. The minimum atomic E-state index is -0.809. The fraction of sp³-hybridized carbons (Fsp3) is 0.900. The second-order valence-corrected chi connectivity index (χ2v) is 4.69. The molecule has 1 aliphatic heterocycles. The molecule has 0 aromatic heterocycles. The lowest BCUT2D eigenvalue weighted by atomic mass is 9.83. The molecule has 3 nitrogen and oxygen atoms in total. The highest BCUT2D eigenvalue weighted by molar-refractivity contribution is 5.19. The van der Waals surface area contributed by atoms with E-state index in [1.54, 1.807) is 7.11 Å². The Bertz CT molecular complexity index is 252. The fourth-order valence-electron chi connectivity index (χ4n) is 2.16. The van der Waals surface area contributed by atoms with E-state index in [4.69, 9.17) is 14.7 Å². The lowest BCUT2D eigenvalue weighted by Crippen LogP contribution is -2.46. The summed E-state index contributed by atoms with van der Waals surface area (Å²) in [4.78, 5) is 0. The molecule has 1 fully saturated rings. The van der Waals surface area contributed by atoms with E-state index < -0.39 is 11.2 Å². The Balaban J connectivity index is 3.07. The third-order valence-corrected chi connectivity index (χ3v) is 2.71. The average Bonchev–Trinajstić information content (AvgIpc) is 2.15. The Hall–Kier alpha value is -0.590. The summed E-state index contributed by atoms with van der Waals surface area (Å²) in [6.45, 7) is 7.75. The summed E-state index contributed by atoms with van der Waals surface area (Å²) in [5, 5.41) is 9.13. The molecule has 13 heavy (non-hydrogen) atoms. The molecule has 1 heterocycles. The molecule has 1 unspecified atom stereocenters. The summed E-state index contributed by atoms with van der Waals surface area (Å²) in [5.41, 5.74) is -1.63. The van der Waals surface area contributed by atoms with Crippen molar-refractivity contribution in [3.05, 3.63) is 0 Å². The minimum absolute atomic E-state index is 0.282. The largest absolute Gasteiger partial charge is 0.365 e. The third-order valence-electron chi connectivity index (χ3n) is 2.71. The van der Waals surface area contributed by atoms with Crippen molar-refractivity contribution < 1.29 is 9.47 Å². The Morgan fingerprint density at radius 1 is 1.31 bits per heavy atom. The van der Waals surface area contributed by atoms with E-state index >= 15 is 0 Å². The maximum Gasteiger partial charge on any atom is 0.184 e. The van der Waals surface area contributed by atoms with Gasteiger partial charge in [-0.15, -0.1) is 0 Å². The van der Waals surface area contributed by atoms with E-state index in [0.29, 0.717) is 6.42 Å². The van der Waals surface area contributed by atoms with E-state index in [-0.39, 0.29) is 5.60 Å². The second-order valence-electron chi connectivity index (χ2n) is 4.69. The molecular weight excluding hydrogens is 166 g/mol. The molecule has 1 saturated heterocycles. The summed E-state index contributed by atoms with van der Waals surface area (Å²) in [7, 11) is 1.57. The summed E-state index contributed by atoms with van der Waals surface area (Å²) < 4.78 is 11.1. The van der Waals surface area contributed by atoms with Crippen LogP contribution in [-0.2, 0) is 9.47 Å². The van der Waals surface area contributed by atoms with E-state index in [1.165, 1.54) is 0 Å². The Labute approximate surface area is 79.6 Å². The zero-order valence-electron chi connectivity index (χ0n) is 8.97. The monoisotopic (exact) mass is 183 g/mol. The predicted octanol–water partition coefficient (Wildman–Crippen LogP) is 1.87. The Morgan fingerprint density at radius 2 is 1.85 bits per heavy atom. The molecule has 0 aromatic rings. The molecule has 1 rings (SSSR count). The lowest BCUT2D eigenvalue weighted by molar-refractivity contribution is -0.117. The van der Waals surface area contributed by atoms with Crippen molar-refractivity contribution in [3.63, 3.8) is 0 Å². The first-order valence-corrected chi connectivity index (χ1v) is 4.45. The smallest absolute Gasteiger partial charge is 0.184 e. The molecule has 0 amide bonds. The molecule has 1 atom stereocenters. The van der Waals surface area contributed by atoms with Crippen LogP contribution in [0.25, 0.3) is 0 Å². The summed E-state index contributed by atoms with van der Waals surface area (Å²) >= 11 is 0. The molecule has 1 aliphatic rings. The van der Waals surface area contributed by atoms with Gasteiger partial charge in [0, 0.05) is 13.5 Å². The number of hydrogen-bond acceptors (Lipinski definition) is 3. The van der Waals surface area contributed by atoms with Crippen molar-refractivity contribution in [1.82, 2.24) is 0 Å². The number of methoxy groups -OCH3 is 1. The number of hydrogen-bond donors (Lipinski definition) is 0. The number of nitrogens with zero attached hydrogens (tertiary/aromatic N) is 1. The number of ether oxygens (including phenoxy) is 2. The van der Waals surface area contributed by atoms with E-state index in [0.717, 1.165) is 0 Å². The van der Waals surface area contributed by atoms with Crippen molar-refractivity contribution in [2.45, 2.75) is 50.9 Å². The zero-order valence-corrected chi connectivity index (χ0v) is 8.97. The zero-order chi connectivity index (χ0) is 10.3.